The number of carbonyl (C=O) groups excluding carboxylic acids is 4. The Bertz CT molecular complexity index is 612. The van der Waals surface area contributed by atoms with E-state index in [2.05, 4.69) is 16.0 Å². The van der Waals surface area contributed by atoms with Crippen LogP contribution in [0.3, 0.4) is 0 Å². The predicted molar refractivity (Wildman–Crippen MR) is 98.8 cm³/mol. The standard InChI is InChI=1S/C16H29N5O8/c1-7(2)3-9(14(26)21-11(6-23)16(28)29)20-15(27)10(4-12(18)24)19-13(25)8(17)5-22/h7-11,22-23H,3-6,17H2,1-2H3,(H2,18,24)(H,19,25)(H,20,27)(H,21,26)(H,28,29). The molecule has 0 spiro atoms. The second-order valence-electron chi connectivity index (χ2n) is 6.79. The molecule has 0 fully saturated rings. The van der Waals surface area contributed by atoms with Crippen molar-refractivity contribution >= 4 is 29.6 Å². The number of rotatable bonds is 13. The molecule has 0 aliphatic heterocycles. The third-order valence-corrected chi connectivity index (χ3v) is 3.71. The fraction of sp³-hybridized carbons (Fsp3) is 0.688. The first-order chi connectivity index (χ1) is 13.4. The van der Waals surface area contributed by atoms with Crippen LogP contribution in [0.15, 0.2) is 0 Å². The molecule has 0 rings (SSSR count). The molecule has 0 aromatic rings. The van der Waals surface area contributed by atoms with Crippen molar-refractivity contribution in [3.05, 3.63) is 0 Å². The molecule has 0 heterocycles. The van der Waals surface area contributed by atoms with Gasteiger partial charge < -0.3 is 42.7 Å². The van der Waals surface area contributed by atoms with Crippen molar-refractivity contribution in [2.75, 3.05) is 13.2 Å². The van der Waals surface area contributed by atoms with Gasteiger partial charge in [-0.1, -0.05) is 13.8 Å². The molecule has 0 saturated carbocycles. The number of carboxylic acids is 1. The van der Waals surface area contributed by atoms with Gasteiger partial charge in [0, 0.05) is 0 Å². The van der Waals surface area contributed by atoms with Crippen molar-refractivity contribution in [3.8, 4) is 0 Å². The zero-order chi connectivity index (χ0) is 22.7. The van der Waals surface area contributed by atoms with Gasteiger partial charge in [-0.2, -0.15) is 0 Å². The minimum Gasteiger partial charge on any atom is -0.480 e. The van der Waals surface area contributed by atoms with E-state index in [1.807, 2.05) is 0 Å². The fourth-order valence-corrected chi connectivity index (χ4v) is 2.21. The van der Waals surface area contributed by atoms with Gasteiger partial charge in [-0.05, 0) is 12.3 Å². The highest BCUT2D eigenvalue weighted by Gasteiger charge is 2.31. The van der Waals surface area contributed by atoms with E-state index in [1.54, 1.807) is 13.8 Å². The number of hydrogen-bond donors (Lipinski definition) is 8. The summed E-state index contributed by atoms with van der Waals surface area (Å²) >= 11 is 0. The van der Waals surface area contributed by atoms with Crippen LogP contribution in [-0.4, -0.2) is 82.3 Å². The van der Waals surface area contributed by atoms with Gasteiger partial charge in [-0.15, -0.1) is 0 Å². The summed E-state index contributed by atoms with van der Waals surface area (Å²) in [5.41, 5.74) is 10.4. The molecule has 29 heavy (non-hydrogen) atoms. The van der Waals surface area contributed by atoms with Gasteiger partial charge in [0.1, 0.15) is 24.2 Å². The lowest BCUT2D eigenvalue weighted by atomic mass is 10.0. The summed E-state index contributed by atoms with van der Waals surface area (Å²) in [6.45, 7) is 1.93. The Morgan fingerprint density at radius 1 is 0.828 bits per heavy atom. The van der Waals surface area contributed by atoms with E-state index >= 15 is 0 Å². The second-order valence-corrected chi connectivity index (χ2v) is 6.79. The first-order valence-corrected chi connectivity index (χ1v) is 8.82. The first kappa shape index (κ1) is 26.2. The number of aliphatic carboxylic acids is 1. The van der Waals surface area contributed by atoms with Crippen LogP contribution in [0.1, 0.15) is 26.7 Å². The Morgan fingerprint density at radius 2 is 1.31 bits per heavy atom. The van der Waals surface area contributed by atoms with E-state index in [0.29, 0.717) is 0 Å². The zero-order valence-corrected chi connectivity index (χ0v) is 16.3. The summed E-state index contributed by atoms with van der Waals surface area (Å²) in [5.74, 6) is -5.20. The summed E-state index contributed by atoms with van der Waals surface area (Å²) in [4.78, 5) is 58.9. The third-order valence-electron chi connectivity index (χ3n) is 3.71. The predicted octanol–water partition coefficient (Wildman–Crippen LogP) is -4.24. The van der Waals surface area contributed by atoms with Gasteiger partial charge in [-0.3, -0.25) is 19.2 Å². The minimum absolute atomic E-state index is 0.0999. The number of primary amides is 1. The van der Waals surface area contributed by atoms with Crippen molar-refractivity contribution in [1.29, 1.82) is 0 Å². The van der Waals surface area contributed by atoms with Gasteiger partial charge in [0.25, 0.3) is 0 Å². The SMILES string of the molecule is CC(C)CC(NC(=O)C(CC(N)=O)NC(=O)C(N)CO)C(=O)NC(CO)C(=O)O. The second kappa shape index (κ2) is 12.6. The van der Waals surface area contributed by atoms with E-state index in [9.17, 15) is 24.0 Å². The Hall–Kier alpha value is -2.77. The molecule has 4 amide bonds. The molecule has 0 aromatic heterocycles. The maximum Gasteiger partial charge on any atom is 0.328 e. The lowest BCUT2D eigenvalue weighted by Crippen LogP contribution is -2.58. The molecule has 166 valence electrons. The van der Waals surface area contributed by atoms with Crippen molar-refractivity contribution in [3.63, 3.8) is 0 Å². The van der Waals surface area contributed by atoms with E-state index in [-0.39, 0.29) is 12.3 Å². The van der Waals surface area contributed by atoms with E-state index < -0.39 is 73.4 Å². The summed E-state index contributed by atoms with van der Waals surface area (Å²) in [6, 6.07) is -5.59. The smallest absolute Gasteiger partial charge is 0.328 e. The molecule has 0 radical (unpaired) electrons. The topological polar surface area (TPSA) is 234 Å². The fourth-order valence-electron chi connectivity index (χ4n) is 2.21. The number of carbonyl (C=O) groups is 5. The molecule has 13 heteroatoms. The number of aliphatic hydroxyl groups excluding tert-OH is 2. The quantitative estimate of drug-likeness (QED) is 0.144. The van der Waals surface area contributed by atoms with Crippen LogP contribution in [-0.2, 0) is 24.0 Å². The van der Waals surface area contributed by atoms with E-state index in [4.69, 9.17) is 26.8 Å². The molecule has 10 N–H and O–H groups in total. The minimum atomic E-state index is -1.57. The molecule has 4 atom stereocenters. The molecule has 0 bridgehead atoms. The summed E-state index contributed by atoms with van der Waals surface area (Å²) in [5, 5.41) is 33.5. The van der Waals surface area contributed by atoms with Crippen LogP contribution in [0, 0.1) is 5.92 Å². The highest BCUT2D eigenvalue weighted by Crippen LogP contribution is 2.07. The van der Waals surface area contributed by atoms with Gasteiger partial charge in [0.2, 0.25) is 23.6 Å². The molecular weight excluding hydrogens is 390 g/mol. The van der Waals surface area contributed by atoms with Crippen molar-refractivity contribution in [2.24, 2.45) is 17.4 Å². The summed E-state index contributed by atoms with van der Waals surface area (Å²) in [6.07, 6.45) is -0.497. The lowest BCUT2D eigenvalue weighted by Gasteiger charge is -2.25. The van der Waals surface area contributed by atoms with Gasteiger partial charge in [0.15, 0.2) is 0 Å². The number of nitrogens with one attached hydrogen (secondary N) is 3. The molecule has 0 aliphatic carbocycles. The lowest BCUT2D eigenvalue weighted by molar-refractivity contribution is -0.143. The van der Waals surface area contributed by atoms with Gasteiger partial charge in [-0.25, -0.2) is 4.79 Å². The zero-order valence-electron chi connectivity index (χ0n) is 16.3. The van der Waals surface area contributed by atoms with E-state index in [1.165, 1.54) is 0 Å². The molecule has 0 aromatic carbocycles. The highest BCUT2D eigenvalue weighted by atomic mass is 16.4. The molecule has 0 saturated heterocycles. The Morgan fingerprint density at radius 3 is 1.72 bits per heavy atom. The van der Waals surface area contributed by atoms with Crippen LogP contribution in [0.5, 0.6) is 0 Å². The molecule has 13 nitrogen and oxygen atoms in total. The van der Waals surface area contributed by atoms with Gasteiger partial charge in [0.05, 0.1) is 19.6 Å². The Kier molecular flexibility index (Phi) is 11.4. The van der Waals surface area contributed by atoms with E-state index in [0.717, 1.165) is 0 Å². The molecule has 4 unspecified atom stereocenters. The normalized spacial score (nSPS) is 15.0. The average molecular weight is 419 g/mol. The number of nitrogens with two attached hydrogens (primary N) is 2. The van der Waals surface area contributed by atoms with Crippen LogP contribution in [0.2, 0.25) is 0 Å². The van der Waals surface area contributed by atoms with Crippen molar-refractivity contribution in [1.82, 2.24) is 16.0 Å². The van der Waals surface area contributed by atoms with Crippen LogP contribution in [0.4, 0.5) is 0 Å². The highest BCUT2D eigenvalue weighted by molar-refractivity contribution is 5.96. The largest absolute Gasteiger partial charge is 0.480 e. The maximum atomic E-state index is 12.5. The molecular formula is C16H29N5O8. The number of amides is 4. The van der Waals surface area contributed by atoms with Crippen LogP contribution >= 0.6 is 0 Å². The Labute approximate surface area is 167 Å². The Balaban J connectivity index is 5.39. The first-order valence-electron chi connectivity index (χ1n) is 8.82. The average Bonchev–Trinajstić information content (AvgIpc) is 2.62. The van der Waals surface area contributed by atoms with Crippen molar-refractivity contribution in [2.45, 2.75) is 50.9 Å². The van der Waals surface area contributed by atoms with Crippen LogP contribution < -0.4 is 27.4 Å². The third kappa shape index (κ3) is 9.82. The van der Waals surface area contributed by atoms with Crippen LogP contribution in [0.25, 0.3) is 0 Å². The monoisotopic (exact) mass is 419 g/mol. The molecule has 0 aliphatic rings. The maximum absolute atomic E-state index is 12.5. The number of hydrogen-bond acceptors (Lipinski definition) is 8. The summed E-state index contributed by atoms with van der Waals surface area (Å²) in [7, 11) is 0. The van der Waals surface area contributed by atoms with Crippen molar-refractivity contribution < 1.29 is 39.3 Å². The van der Waals surface area contributed by atoms with Gasteiger partial charge >= 0.3 is 5.97 Å². The number of carboxylic acid groups (broad SMARTS) is 1. The number of aliphatic hydroxyl groups is 2. The summed E-state index contributed by atoms with van der Waals surface area (Å²) < 4.78 is 0.